The van der Waals surface area contributed by atoms with Crippen molar-refractivity contribution in [2.24, 2.45) is 7.05 Å². The number of benzene rings is 1. The van der Waals surface area contributed by atoms with Crippen LogP contribution in [0.3, 0.4) is 0 Å². The summed E-state index contributed by atoms with van der Waals surface area (Å²) in [5.41, 5.74) is 0.522. The van der Waals surface area contributed by atoms with Crippen LogP contribution in [0.15, 0.2) is 41.6 Å². The van der Waals surface area contributed by atoms with E-state index in [2.05, 4.69) is 10.1 Å². The predicted molar refractivity (Wildman–Crippen MR) is 85.9 cm³/mol. The number of aromatic nitrogens is 4. The number of rotatable bonds is 6. The smallest absolute Gasteiger partial charge is 0.264 e. The van der Waals surface area contributed by atoms with Gasteiger partial charge in [0.05, 0.1) is 26.2 Å². The molecule has 3 rings (SSSR count). The van der Waals surface area contributed by atoms with E-state index in [4.69, 9.17) is 9.47 Å². The summed E-state index contributed by atoms with van der Waals surface area (Å²) in [6, 6.07) is 7.41. The van der Waals surface area contributed by atoms with E-state index < -0.39 is 0 Å². The highest BCUT2D eigenvalue weighted by Crippen LogP contribution is 2.17. The van der Waals surface area contributed by atoms with Crippen molar-refractivity contribution in [3.05, 3.63) is 47.1 Å². The van der Waals surface area contributed by atoms with Crippen LogP contribution in [0.4, 0.5) is 0 Å². The zero-order valence-electron chi connectivity index (χ0n) is 13.1. The second-order valence-electron chi connectivity index (χ2n) is 5.13. The number of ether oxygens (including phenoxy) is 2. The van der Waals surface area contributed by atoms with Gasteiger partial charge in [-0.05, 0) is 30.7 Å². The van der Waals surface area contributed by atoms with Gasteiger partial charge in [0.15, 0.2) is 5.65 Å². The highest BCUT2D eigenvalue weighted by molar-refractivity contribution is 5.72. The molecule has 7 nitrogen and oxygen atoms in total. The molecular formula is C16H18N4O3. The standard InChI is InChI=1S/C16H18N4O3/c1-19-15-14(10-18-19)16(21)20(11-17-15)8-3-9-23-13-6-4-12(22-2)5-7-13/h4-7,10-11H,3,8-9H2,1-2H3. The molecule has 7 heteroatoms. The number of hydrogen-bond donors (Lipinski definition) is 0. The highest BCUT2D eigenvalue weighted by Gasteiger charge is 2.07. The minimum Gasteiger partial charge on any atom is -0.497 e. The van der Waals surface area contributed by atoms with Crippen LogP contribution in [-0.2, 0) is 13.6 Å². The van der Waals surface area contributed by atoms with Crippen molar-refractivity contribution in [2.75, 3.05) is 13.7 Å². The third kappa shape index (κ3) is 3.18. The fourth-order valence-corrected chi connectivity index (χ4v) is 2.32. The van der Waals surface area contributed by atoms with E-state index in [0.717, 1.165) is 11.5 Å². The molecule has 0 saturated carbocycles. The second-order valence-corrected chi connectivity index (χ2v) is 5.13. The van der Waals surface area contributed by atoms with E-state index in [1.807, 2.05) is 24.3 Å². The molecule has 2 aromatic heterocycles. The number of nitrogens with zero attached hydrogens (tertiary/aromatic N) is 4. The van der Waals surface area contributed by atoms with Gasteiger partial charge < -0.3 is 9.47 Å². The van der Waals surface area contributed by atoms with Crippen molar-refractivity contribution < 1.29 is 9.47 Å². The molecule has 1 aromatic carbocycles. The van der Waals surface area contributed by atoms with E-state index in [9.17, 15) is 4.79 Å². The van der Waals surface area contributed by atoms with Gasteiger partial charge in [0.1, 0.15) is 16.9 Å². The number of aryl methyl sites for hydroxylation is 2. The number of methoxy groups -OCH3 is 1. The molecular weight excluding hydrogens is 296 g/mol. The lowest BCUT2D eigenvalue weighted by atomic mass is 10.3. The summed E-state index contributed by atoms with van der Waals surface area (Å²) >= 11 is 0. The quantitative estimate of drug-likeness (QED) is 0.646. The van der Waals surface area contributed by atoms with E-state index in [-0.39, 0.29) is 5.56 Å². The van der Waals surface area contributed by atoms with Crippen molar-refractivity contribution in [3.63, 3.8) is 0 Å². The molecule has 0 aliphatic carbocycles. The Hall–Kier alpha value is -2.83. The maximum atomic E-state index is 12.3. The first-order valence-electron chi connectivity index (χ1n) is 7.33. The molecule has 0 atom stereocenters. The normalized spacial score (nSPS) is 10.9. The van der Waals surface area contributed by atoms with Crippen molar-refractivity contribution >= 4 is 11.0 Å². The lowest BCUT2D eigenvalue weighted by Crippen LogP contribution is -2.21. The average Bonchev–Trinajstić information content (AvgIpc) is 2.96. The highest BCUT2D eigenvalue weighted by atomic mass is 16.5. The Kier molecular flexibility index (Phi) is 4.27. The van der Waals surface area contributed by atoms with Crippen LogP contribution in [-0.4, -0.2) is 33.0 Å². The average molecular weight is 314 g/mol. The molecule has 23 heavy (non-hydrogen) atoms. The van der Waals surface area contributed by atoms with Crippen LogP contribution in [0.5, 0.6) is 11.5 Å². The van der Waals surface area contributed by atoms with Gasteiger partial charge in [0.2, 0.25) is 0 Å². The Morgan fingerprint density at radius 1 is 1.17 bits per heavy atom. The third-order valence-corrected chi connectivity index (χ3v) is 3.59. The molecule has 0 N–H and O–H groups in total. The molecule has 0 bridgehead atoms. The molecule has 0 aliphatic heterocycles. The Balaban J connectivity index is 1.58. The SMILES string of the molecule is COc1ccc(OCCCn2cnc3c(cnn3C)c2=O)cc1. The van der Waals surface area contributed by atoms with Crippen molar-refractivity contribution in [1.82, 2.24) is 19.3 Å². The van der Waals surface area contributed by atoms with Gasteiger partial charge in [-0.1, -0.05) is 0 Å². The van der Waals surface area contributed by atoms with Crippen LogP contribution in [0.2, 0.25) is 0 Å². The Morgan fingerprint density at radius 3 is 2.65 bits per heavy atom. The molecule has 0 amide bonds. The zero-order valence-corrected chi connectivity index (χ0v) is 13.1. The molecule has 0 aliphatic rings. The maximum absolute atomic E-state index is 12.3. The lowest BCUT2D eigenvalue weighted by molar-refractivity contribution is 0.300. The Labute approximate surface area is 133 Å². The van der Waals surface area contributed by atoms with Crippen LogP contribution in [0, 0.1) is 0 Å². The second kappa shape index (κ2) is 6.51. The van der Waals surface area contributed by atoms with E-state index >= 15 is 0 Å². The molecule has 0 fully saturated rings. The molecule has 0 saturated heterocycles. The lowest BCUT2D eigenvalue weighted by Gasteiger charge is -2.08. The van der Waals surface area contributed by atoms with Crippen molar-refractivity contribution in [3.8, 4) is 11.5 Å². The monoisotopic (exact) mass is 314 g/mol. The largest absolute Gasteiger partial charge is 0.497 e. The number of hydrogen-bond acceptors (Lipinski definition) is 5. The van der Waals surface area contributed by atoms with Gasteiger partial charge in [-0.25, -0.2) is 4.98 Å². The molecule has 120 valence electrons. The minimum atomic E-state index is -0.0763. The van der Waals surface area contributed by atoms with Crippen LogP contribution < -0.4 is 15.0 Å². The predicted octanol–water partition coefficient (Wildman–Crippen LogP) is 1.61. The third-order valence-electron chi connectivity index (χ3n) is 3.59. The first kappa shape index (κ1) is 15.1. The van der Waals surface area contributed by atoms with Crippen LogP contribution in [0.1, 0.15) is 6.42 Å². The van der Waals surface area contributed by atoms with Gasteiger partial charge in [0.25, 0.3) is 5.56 Å². The Bertz CT molecular complexity index is 852. The molecule has 3 aromatic rings. The number of fused-ring (bicyclic) bond motifs is 1. The topological polar surface area (TPSA) is 71.2 Å². The maximum Gasteiger partial charge on any atom is 0.264 e. The van der Waals surface area contributed by atoms with E-state index in [1.54, 1.807) is 35.9 Å². The van der Waals surface area contributed by atoms with E-state index in [1.165, 1.54) is 0 Å². The fourth-order valence-electron chi connectivity index (χ4n) is 2.32. The van der Waals surface area contributed by atoms with Gasteiger partial charge in [-0.2, -0.15) is 5.10 Å². The van der Waals surface area contributed by atoms with Crippen molar-refractivity contribution in [2.45, 2.75) is 13.0 Å². The molecule has 0 radical (unpaired) electrons. The Morgan fingerprint density at radius 2 is 1.91 bits per heavy atom. The molecule has 0 unspecified atom stereocenters. The first-order valence-corrected chi connectivity index (χ1v) is 7.33. The summed E-state index contributed by atoms with van der Waals surface area (Å²) in [4.78, 5) is 16.6. The summed E-state index contributed by atoms with van der Waals surface area (Å²) in [7, 11) is 3.39. The summed E-state index contributed by atoms with van der Waals surface area (Å²) in [6.07, 6.45) is 3.81. The van der Waals surface area contributed by atoms with Crippen molar-refractivity contribution in [1.29, 1.82) is 0 Å². The van der Waals surface area contributed by atoms with Gasteiger partial charge in [-0.3, -0.25) is 14.0 Å². The summed E-state index contributed by atoms with van der Waals surface area (Å²) in [5.74, 6) is 1.57. The summed E-state index contributed by atoms with van der Waals surface area (Å²) in [6.45, 7) is 1.07. The first-order chi connectivity index (χ1) is 11.2. The zero-order chi connectivity index (χ0) is 16.2. The van der Waals surface area contributed by atoms with Crippen LogP contribution in [0.25, 0.3) is 11.0 Å². The fraction of sp³-hybridized carbons (Fsp3) is 0.312. The molecule has 0 spiro atoms. The minimum absolute atomic E-state index is 0.0763. The molecule has 2 heterocycles. The van der Waals surface area contributed by atoms with E-state index in [0.29, 0.717) is 30.6 Å². The van der Waals surface area contributed by atoms with Gasteiger partial charge >= 0.3 is 0 Å². The van der Waals surface area contributed by atoms with Gasteiger partial charge in [-0.15, -0.1) is 0 Å². The van der Waals surface area contributed by atoms with Crippen LogP contribution >= 0.6 is 0 Å². The summed E-state index contributed by atoms with van der Waals surface area (Å²) in [5, 5.41) is 4.59. The van der Waals surface area contributed by atoms with Gasteiger partial charge in [0, 0.05) is 13.6 Å². The summed E-state index contributed by atoms with van der Waals surface area (Å²) < 4.78 is 13.9.